The normalized spacial score (nSPS) is 19.6. The van der Waals surface area contributed by atoms with E-state index in [0.29, 0.717) is 0 Å². The predicted octanol–water partition coefficient (Wildman–Crippen LogP) is 0.0787. The fourth-order valence-electron chi connectivity index (χ4n) is 5.17. The van der Waals surface area contributed by atoms with Crippen LogP contribution in [0.3, 0.4) is 0 Å². The highest BCUT2D eigenvalue weighted by atomic mass is 16.4. The molecule has 0 saturated carbocycles. The van der Waals surface area contributed by atoms with Gasteiger partial charge < -0.3 is 51.5 Å². The number of allylic oxidation sites excluding steroid dienone is 2. The number of aliphatic carboxylic acids is 1. The molecule has 2 amide bonds. The predicted molar refractivity (Wildman–Crippen MR) is 159 cm³/mol. The van der Waals surface area contributed by atoms with E-state index in [1.54, 1.807) is 14.1 Å². The molecule has 2 atom stereocenters. The molecule has 15 nitrogen and oxygen atoms in total. The van der Waals surface area contributed by atoms with Gasteiger partial charge in [0.05, 0.1) is 29.5 Å². The largest absolute Gasteiger partial charge is 0.507 e. The highest BCUT2D eigenvalue weighted by Gasteiger charge is 2.46. The number of aliphatic imine (C=N–C) groups is 1. The summed E-state index contributed by atoms with van der Waals surface area (Å²) in [6.07, 6.45) is -1.19. The number of rotatable bonds is 8. The zero-order chi connectivity index (χ0) is 33.6. The second kappa shape index (κ2) is 12.0. The van der Waals surface area contributed by atoms with Gasteiger partial charge in [0, 0.05) is 56.5 Å². The third kappa shape index (κ3) is 6.09. The van der Waals surface area contributed by atoms with E-state index in [4.69, 9.17) is 5.73 Å². The van der Waals surface area contributed by atoms with Gasteiger partial charge in [-0.05, 0) is 33.3 Å². The van der Waals surface area contributed by atoms with Crippen molar-refractivity contribution in [1.29, 1.82) is 0 Å². The molecular formula is C29H37N5O10. The Morgan fingerprint density at radius 2 is 1.59 bits per heavy atom. The summed E-state index contributed by atoms with van der Waals surface area (Å²) in [6, 6.07) is 0. The minimum absolute atomic E-state index is 0.134. The molecule has 0 aromatic heterocycles. The first-order chi connectivity index (χ1) is 20.2. The summed E-state index contributed by atoms with van der Waals surface area (Å²) in [5.41, 5.74) is 1.75. The van der Waals surface area contributed by atoms with Gasteiger partial charge >= 0.3 is 5.97 Å². The molecule has 0 saturated heterocycles. The Balaban J connectivity index is 2.24. The molecule has 0 fully saturated rings. The van der Waals surface area contributed by atoms with Crippen LogP contribution in [0, 0.1) is 5.92 Å². The molecule has 15 heteroatoms. The van der Waals surface area contributed by atoms with Crippen LogP contribution in [0.5, 0.6) is 17.2 Å². The van der Waals surface area contributed by atoms with Crippen molar-refractivity contribution in [2.24, 2.45) is 16.6 Å². The molecule has 2 aliphatic carbocycles. The molecule has 3 rings (SSSR count). The van der Waals surface area contributed by atoms with Crippen LogP contribution in [0.4, 0.5) is 5.69 Å². The standard InChI is InChI=1S/C29H37N5O10/c1-29(2,3)31-10-15(35)32-13-9-14(33(4)5)17-18(23(13)38)24(39)16(28(43)44)11(21(17)36)8-12-20(34(6)7)25(40)19(27(30)42)26(41)22(12)37/h9,11,21,31,36-37,39-41H,8,10H2,1-7H3,(H2,30,42)(H,43,44)/t11-,21+/m0/s1. The second-order valence-corrected chi connectivity index (χ2v) is 11.9. The van der Waals surface area contributed by atoms with Crippen molar-refractivity contribution in [2.75, 3.05) is 39.6 Å². The van der Waals surface area contributed by atoms with E-state index in [2.05, 4.69) is 10.3 Å². The van der Waals surface area contributed by atoms with Crippen LogP contribution in [-0.4, -0.2) is 111 Å². The fraction of sp³-hybridized carbons (Fsp3) is 0.414. The van der Waals surface area contributed by atoms with Crippen LogP contribution in [0.2, 0.25) is 0 Å². The van der Waals surface area contributed by atoms with E-state index in [1.165, 1.54) is 30.0 Å². The summed E-state index contributed by atoms with van der Waals surface area (Å²) in [5, 5.41) is 68.2. The second-order valence-electron chi connectivity index (χ2n) is 11.9. The third-order valence-electron chi connectivity index (χ3n) is 7.16. The van der Waals surface area contributed by atoms with E-state index in [1.807, 2.05) is 20.8 Å². The maximum absolute atomic E-state index is 13.6. The average Bonchev–Trinajstić information content (AvgIpc) is 2.88. The van der Waals surface area contributed by atoms with E-state index in [0.717, 1.165) is 0 Å². The summed E-state index contributed by atoms with van der Waals surface area (Å²) in [4.78, 5) is 57.2. The first-order valence-electron chi connectivity index (χ1n) is 13.4. The van der Waals surface area contributed by atoms with Crippen LogP contribution < -0.4 is 16.0 Å². The first-order valence-corrected chi connectivity index (χ1v) is 13.4. The molecule has 0 unspecified atom stereocenters. The van der Waals surface area contributed by atoms with Crippen molar-refractivity contribution in [3.05, 3.63) is 45.4 Å². The molecule has 44 heavy (non-hydrogen) atoms. The van der Waals surface area contributed by atoms with Gasteiger partial charge in [-0.2, -0.15) is 0 Å². The monoisotopic (exact) mass is 615 g/mol. The number of ketones is 1. The minimum Gasteiger partial charge on any atom is -0.507 e. The lowest BCUT2D eigenvalue weighted by Gasteiger charge is -2.37. The van der Waals surface area contributed by atoms with E-state index >= 15 is 0 Å². The number of nitrogens with two attached hydrogens (primary N) is 1. The summed E-state index contributed by atoms with van der Waals surface area (Å²) in [7, 11) is 5.96. The third-order valence-corrected chi connectivity index (χ3v) is 7.16. The summed E-state index contributed by atoms with van der Waals surface area (Å²) < 4.78 is 0. The number of phenols is 3. The number of carbonyl (C=O) groups excluding carboxylic acids is 3. The number of hydrogen-bond donors (Lipinski definition) is 8. The molecule has 0 spiro atoms. The van der Waals surface area contributed by atoms with Crippen LogP contribution >= 0.6 is 0 Å². The Morgan fingerprint density at radius 1 is 1.00 bits per heavy atom. The van der Waals surface area contributed by atoms with Crippen molar-refractivity contribution < 1.29 is 49.8 Å². The van der Waals surface area contributed by atoms with Crippen LogP contribution in [0.1, 0.15) is 36.7 Å². The summed E-state index contributed by atoms with van der Waals surface area (Å²) in [6.45, 7) is 5.27. The topological polar surface area (TPSA) is 247 Å². The number of likely N-dealkylation sites (N-methyl/N-ethyl adjacent to an activating group) is 1. The Labute approximate surface area is 252 Å². The number of carbonyl (C=O) groups is 4. The van der Waals surface area contributed by atoms with Gasteiger partial charge in [0.15, 0.2) is 17.2 Å². The Bertz CT molecular complexity index is 1580. The molecule has 1 aromatic carbocycles. The Kier molecular flexibility index (Phi) is 9.17. The van der Waals surface area contributed by atoms with E-state index < -0.39 is 87.3 Å². The number of nitrogens with zero attached hydrogens (tertiary/aromatic N) is 3. The molecule has 2 aliphatic rings. The average molecular weight is 616 g/mol. The lowest BCUT2D eigenvalue weighted by atomic mass is 9.72. The first kappa shape index (κ1) is 33.6. The number of primary amides is 1. The van der Waals surface area contributed by atoms with Crippen molar-refractivity contribution in [2.45, 2.75) is 38.8 Å². The minimum atomic E-state index is -1.81. The number of amides is 2. The number of aromatic hydroxyl groups is 3. The SMILES string of the molecule is CN(C)C1=CC(=NC(=O)CNC(C)(C)C)C(=O)C2=C1[C@H](O)[C@@H](Cc1c(O)c(O)c(C(N)=O)c(O)c1N(C)C)C(C(=O)O)=C2O. The summed E-state index contributed by atoms with van der Waals surface area (Å²) in [5.74, 6) is -10.0. The number of phenolic OH excluding ortho intramolecular Hbond substituents is 1. The summed E-state index contributed by atoms with van der Waals surface area (Å²) >= 11 is 0. The molecule has 1 aromatic rings. The van der Waals surface area contributed by atoms with Gasteiger partial charge in [0.25, 0.3) is 11.8 Å². The zero-order valence-corrected chi connectivity index (χ0v) is 25.4. The van der Waals surface area contributed by atoms with E-state index in [9.17, 15) is 49.8 Å². The molecule has 0 bridgehead atoms. The number of benzene rings is 1. The number of anilines is 1. The molecular weight excluding hydrogens is 578 g/mol. The highest BCUT2D eigenvalue weighted by Crippen LogP contribution is 2.50. The fourth-order valence-corrected chi connectivity index (χ4v) is 5.17. The number of carboxylic acid groups (broad SMARTS) is 1. The van der Waals surface area contributed by atoms with Gasteiger partial charge in [-0.15, -0.1) is 0 Å². The lowest BCUT2D eigenvalue weighted by Crippen LogP contribution is -2.42. The quantitative estimate of drug-likeness (QED) is 0.110. The van der Waals surface area contributed by atoms with Crippen LogP contribution in [0.15, 0.2) is 39.2 Å². The van der Waals surface area contributed by atoms with Crippen LogP contribution in [0.25, 0.3) is 0 Å². The molecule has 238 valence electrons. The van der Waals surface area contributed by atoms with Gasteiger partial charge in [0.2, 0.25) is 5.78 Å². The molecule has 0 heterocycles. The number of carboxylic acids is 1. The molecule has 9 N–H and O–H groups in total. The Morgan fingerprint density at radius 3 is 2.07 bits per heavy atom. The van der Waals surface area contributed by atoms with Gasteiger partial charge in [-0.25, -0.2) is 9.79 Å². The number of aliphatic hydroxyl groups is 2. The molecule has 0 radical (unpaired) electrons. The number of nitrogens with one attached hydrogen (secondary N) is 1. The van der Waals surface area contributed by atoms with Gasteiger partial charge in [-0.3, -0.25) is 14.4 Å². The smallest absolute Gasteiger partial charge is 0.335 e. The van der Waals surface area contributed by atoms with Gasteiger partial charge in [0.1, 0.15) is 17.0 Å². The number of aliphatic hydroxyl groups excluding tert-OH is 2. The zero-order valence-electron chi connectivity index (χ0n) is 25.4. The van der Waals surface area contributed by atoms with Gasteiger partial charge in [-0.1, -0.05) is 0 Å². The van der Waals surface area contributed by atoms with Crippen molar-refractivity contribution in [3.8, 4) is 17.2 Å². The van der Waals surface area contributed by atoms with E-state index in [-0.39, 0.29) is 34.8 Å². The number of hydrogen-bond acceptors (Lipinski definition) is 12. The van der Waals surface area contributed by atoms with Crippen molar-refractivity contribution in [1.82, 2.24) is 10.2 Å². The number of Topliss-reactive ketones (excluding diaryl/α,β-unsaturated/α-hetero) is 1. The maximum atomic E-state index is 13.6. The highest BCUT2D eigenvalue weighted by molar-refractivity contribution is 6.53. The molecule has 0 aliphatic heterocycles. The lowest BCUT2D eigenvalue weighted by molar-refractivity contribution is -0.134. The maximum Gasteiger partial charge on any atom is 0.335 e. The van der Waals surface area contributed by atoms with Crippen molar-refractivity contribution >= 4 is 35.0 Å². The Hall–Kier alpha value is -4.89. The van der Waals surface area contributed by atoms with Crippen molar-refractivity contribution in [3.63, 3.8) is 0 Å². The van der Waals surface area contributed by atoms with Crippen LogP contribution in [-0.2, 0) is 20.8 Å².